The lowest BCUT2D eigenvalue weighted by atomic mass is 9.82. The molecular formula is C19H26N4O5S. The number of ether oxygens (including phenoxy) is 2. The van der Waals surface area contributed by atoms with Crippen LogP contribution in [0.5, 0.6) is 0 Å². The molecule has 4 rings (SSSR count). The van der Waals surface area contributed by atoms with E-state index in [9.17, 15) is 14.4 Å². The van der Waals surface area contributed by atoms with E-state index in [1.54, 1.807) is 25.8 Å². The van der Waals surface area contributed by atoms with Crippen LogP contribution in [0.2, 0.25) is 0 Å². The van der Waals surface area contributed by atoms with E-state index < -0.39 is 17.7 Å². The molecule has 0 unspecified atom stereocenters. The fourth-order valence-electron chi connectivity index (χ4n) is 4.90. The zero-order chi connectivity index (χ0) is 20.9. The average molecular weight is 423 g/mol. The van der Waals surface area contributed by atoms with Gasteiger partial charge in [0.2, 0.25) is 11.6 Å². The van der Waals surface area contributed by atoms with Crippen molar-refractivity contribution in [2.75, 3.05) is 38.3 Å². The Hall–Kier alpha value is -2.04. The first-order valence-electron chi connectivity index (χ1n) is 9.75. The Morgan fingerprint density at radius 1 is 1.41 bits per heavy atom. The van der Waals surface area contributed by atoms with Crippen molar-refractivity contribution >= 4 is 29.4 Å². The summed E-state index contributed by atoms with van der Waals surface area (Å²) in [5, 5.41) is 6.49. The van der Waals surface area contributed by atoms with Crippen LogP contribution < -0.4 is 16.4 Å². The number of thioether (sulfide) groups is 1. The molecule has 4 N–H and O–H groups in total. The predicted octanol–water partition coefficient (Wildman–Crippen LogP) is -0.267. The lowest BCUT2D eigenvalue weighted by Gasteiger charge is -2.39. The third-order valence-electron chi connectivity index (χ3n) is 6.18. The lowest BCUT2D eigenvalue weighted by molar-refractivity contribution is -0.137. The molecule has 3 heterocycles. The Morgan fingerprint density at radius 2 is 2.17 bits per heavy atom. The molecule has 0 radical (unpaired) electrons. The normalized spacial score (nSPS) is 32.4. The smallest absolute Gasteiger partial charge is 0.404 e. The quantitative estimate of drug-likeness (QED) is 0.275. The van der Waals surface area contributed by atoms with Crippen LogP contribution in [-0.4, -0.2) is 78.7 Å². The number of hydrogen-bond acceptors (Lipinski definition) is 9. The number of rotatable bonds is 8. The van der Waals surface area contributed by atoms with E-state index >= 15 is 0 Å². The van der Waals surface area contributed by atoms with E-state index in [1.165, 1.54) is 0 Å². The summed E-state index contributed by atoms with van der Waals surface area (Å²) in [7, 11) is 1.56. The van der Waals surface area contributed by atoms with Crippen molar-refractivity contribution in [1.29, 1.82) is 0 Å². The minimum Gasteiger partial charge on any atom is -0.449 e. The second-order valence-electron chi connectivity index (χ2n) is 7.54. The molecule has 2 fully saturated rings. The van der Waals surface area contributed by atoms with E-state index in [1.807, 2.05) is 4.90 Å². The second-order valence-corrected chi connectivity index (χ2v) is 8.94. The van der Waals surface area contributed by atoms with Crippen LogP contribution in [0.3, 0.4) is 0 Å². The number of hydrogen-bond donors (Lipinski definition) is 3. The van der Waals surface area contributed by atoms with Crippen LogP contribution in [0.25, 0.3) is 0 Å². The minimum absolute atomic E-state index is 0.0437. The number of nitrogens with zero attached hydrogens (tertiary/aromatic N) is 1. The molecule has 0 aromatic carbocycles. The predicted molar refractivity (Wildman–Crippen MR) is 107 cm³/mol. The number of primary amides is 1. The van der Waals surface area contributed by atoms with Gasteiger partial charge in [0.15, 0.2) is 5.72 Å². The summed E-state index contributed by atoms with van der Waals surface area (Å²) < 4.78 is 11.0. The molecule has 0 bridgehead atoms. The molecule has 9 nitrogen and oxygen atoms in total. The van der Waals surface area contributed by atoms with Crippen LogP contribution in [0, 0.1) is 5.92 Å². The highest BCUT2D eigenvalue weighted by Gasteiger charge is 2.72. The van der Waals surface area contributed by atoms with Gasteiger partial charge in [0.05, 0.1) is 23.4 Å². The Morgan fingerprint density at radius 3 is 2.83 bits per heavy atom. The van der Waals surface area contributed by atoms with E-state index in [2.05, 4.69) is 17.6 Å². The minimum atomic E-state index is -0.941. The highest BCUT2D eigenvalue weighted by Crippen LogP contribution is 2.55. The number of nitrogens with two attached hydrogens (primary N) is 1. The first kappa shape index (κ1) is 20.2. The first-order valence-corrected chi connectivity index (χ1v) is 10.9. The SMILES string of the molecule is CCSCCNC1=C(C)C(=O)C2=C(C1=O)[C@H](COC(N)=O)[C@]1(OC)[C@@H]3N[C@@H]3CN21. The maximum Gasteiger partial charge on any atom is 0.404 e. The van der Waals surface area contributed by atoms with Gasteiger partial charge in [0, 0.05) is 43.1 Å². The molecule has 4 atom stereocenters. The van der Waals surface area contributed by atoms with Gasteiger partial charge >= 0.3 is 6.09 Å². The van der Waals surface area contributed by atoms with Crippen molar-refractivity contribution in [2.45, 2.75) is 31.7 Å². The molecule has 3 aliphatic heterocycles. The van der Waals surface area contributed by atoms with E-state index in [-0.39, 0.29) is 30.3 Å². The molecule has 0 aromatic rings. The molecule has 0 saturated carbocycles. The maximum atomic E-state index is 13.5. The lowest BCUT2D eigenvalue weighted by Crippen LogP contribution is -2.55. The van der Waals surface area contributed by atoms with Gasteiger partial charge in [0.1, 0.15) is 6.61 Å². The number of ketones is 2. The topological polar surface area (TPSA) is 133 Å². The molecule has 0 aromatic heterocycles. The average Bonchev–Trinajstić information content (AvgIpc) is 3.30. The van der Waals surface area contributed by atoms with Gasteiger partial charge in [-0.05, 0) is 12.7 Å². The van der Waals surface area contributed by atoms with E-state index in [0.29, 0.717) is 35.6 Å². The van der Waals surface area contributed by atoms with Crippen molar-refractivity contribution in [3.63, 3.8) is 0 Å². The van der Waals surface area contributed by atoms with Gasteiger partial charge in [0.25, 0.3) is 0 Å². The number of piperazine rings is 1. The summed E-state index contributed by atoms with van der Waals surface area (Å²) >= 11 is 1.75. The van der Waals surface area contributed by atoms with Crippen LogP contribution in [0.15, 0.2) is 22.5 Å². The van der Waals surface area contributed by atoms with Gasteiger partial charge < -0.3 is 30.7 Å². The third kappa shape index (κ3) is 2.88. The largest absolute Gasteiger partial charge is 0.449 e. The summed E-state index contributed by atoms with van der Waals surface area (Å²) in [5.74, 6) is 0.784. The molecule has 29 heavy (non-hydrogen) atoms. The van der Waals surface area contributed by atoms with Gasteiger partial charge in [-0.1, -0.05) is 6.92 Å². The molecular weight excluding hydrogens is 396 g/mol. The molecule has 1 amide bonds. The summed E-state index contributed by atoms with van der Waals surface area (Å²) in [6, 6.07) is 0.135. The molecule has 1 aliphatic carbocycles. The zero-order valence-electron chi connectivity index (χ0n) is 16.7. The van der Waals surface area contributed by atoms with E-state index in [4.69, 9.17) is 15.2 Å². The van der Waals surface area contributed by atoms with Gasteiger partial charge in [-0.25, -0.2) is 4.79 Å². The Labute approximate surface area is 173 Å². The Kier molecular flexibility index (Phi) is 5.12. The van der Waals surface area contributed by atoms with E-state index in [0.717, 1.165) is 11.5 Å². The number of methoxy groups -OCH3 is 1. The number of nitrogens with one attached hydrogen (secondary N) is 2. The van der Waals surface area contributed by atoms with Crippen molar-refractivity contribution in [2.24, 2.45) is 11.7 Å². The van der Waals surface area contributed by atoms with Crippen molar-refractivity contribution in [1.82, 2.24) is 15.5 Å². The van der Waals surface area contributed by atoms with Gasteiger partial charge in [-0.3, -0.25) is 9.59 Å². The molecule has 2 saturated heterocycles. The number of carbonyl (C=O) groups is 3. The summed E-state index contributed by atoms with van der Waals surface area (Å²) in [6.45, 7) is 4.77. The fourth-order valence-corrected chi connectivity index (χ4v) is 5.43. The molecule has 0 spiro atoms. The standard InChI is InChI=1S/C19H26N4O5S/c1-4-29-6-5-21-13-9(2)15(24)14-12(16(13)25)10(8-28-18(20)26)19(27-3)17-11(22-17)7-23(14)19/h10-11,17,21-22H,4-8H2,1-3H3,(H2,20,26)/t10-,11+,17+,19-/m0/s1. The number of amides is 1. The molecule has 158 valence electrons. The first-order chi connectivity index (χ1) is 13.9. The maximum absolute atomic E-state index is 13.5. The second kappa shape index (κ2) is 7.33. The molecule has 10 heteroatoms. The number of allylic oxidation sites excluding steroid dienone is 2. The third-order valence-corrected chi connectivity index (χ3v) is 7.08. The summed E-state index contributed by atoms with van der Waals surface area (Å²) in [5.41, 5.74) is 5.70. The van der Waals surface area contributed by atoms with Crippen molar-refractivity contribution in [3.05, 3.63) is 22.5 Å². The zero-order valence-corrected chi connectivity index (χ0v) is 17.6. The highest BCUT2D eigenvalue weighted by molar-refractivity contribution is 7.99. The monoisotopic (exact) mass is 422 g/mol. The number of carbonyl (C=O) groups excluding carboxylic acids is 3. The highest BCUT2D eigenvalue weighted by atomic mass is 32.2. The number of Topliss-reactive ketones (excluding diaryl/α,β-unsaturated/α-hetero) is 2. The summed E-state index contributed by atoms with van der Waals surface area (Å²) in [6.07, 6.45) is -0.925. The van der Waals surface area contributed by atoms with Crippen molar-refractivity contribution < 1.29 is 23.9 Å². The van der Waals surface area contributed by atoms with Gasteiger partial charge in [-0.2, -0.15) is 11.8 Å². The Balaban J connectivity index is 1.69. The van der Waals surface area contributed by atoms with Crippen LogP contribution >= 0.6 is 11.8 Å². The fraction of sp³-hybridized carbons (Fsp3) is 0.632. The van der Waals surface area contributed by atoms with Crippen LogP contribution in [0.4, 0.5) is 4.79 Å². The van der Waals surface area contributed by atoms with Crippen molar-refractivity contribution in [3.8, 4) is 0 Å². The Bertz CT molecular complexity index is 840. The number of fused-ring (bicyclic) bond motifs is 4. The van der Waals surface area contributed by atoms with Gasteiger partial charge in [-0.15, -0.1) is 0 Å². The summed E-state index contributed by atoms with van der Waals surface area (Å²) in [4.78, 5) is 40.0. The molecule has 4 aliphatic rings. The van der Waals surface area contributed by atoms with Crippen LogP contribution in [0.1, 0.15) is 13.8 Å². The van der Waals surface area contributed by atoms with Crippen LogP contribution in [-0.2, 0) is 19.1 Å².